The van der Waals surface area contributed by atoms with Crippen LogP contribution in [0, 0.1) is 6.92 Å². The van der Waals surface area contributed by atoms with E-state index in [2.05, 4.69) is 12.1 Å². The molecule has 1 aromatic heterocycles. The molecule has 0 spiro atoms. The molecule has 5 nitrogen and oxygen atoms in total. The van der Waals surface area contributed by atoms with E-state index in [1.54, 1.807) is 14.2 Å². The molecule has 0 saturated carbocycles. The Labute approximate surface area is 150 Å². The summed E-state index contributed by atoms with van der Waals surface area (Å²) in [5.74, 6) is 2.86. The number of fused-ring (bicyclic) bond motifs is 6. The molecule has 0 bridgehead atoms. The van der Waals surface area contributed by atoms with E-state index in [1.807, 2.05) is 31.2 Å². The predicted molar refractivity (Wildman–Crippen MR) is 101 cm³/mol. The third-order valence-electron chi connectivity index (χ3n) is 4.95. The highest BCUT2D eigenvalue weighted by Crippen LogP contribution is 2.49. The first-order valence-electron chi connectivity index (χ1n) is 8.38. The molecule has 0 atom stereocenters. The van der Waals surface area contributed by atoms with Crippen LogP contribution in [0.3, 0.4) is 0 Å². The van der Waals surface area contributed by atoms with Gasteiger partial charge in [-0.1, -0.05) is 12.1 Å². The van der Waals surface area contributed by atoms with Gasteiger partial charge in [-0.15, -0.1) is 0 Å². The van der Waals surface area contributed by atoms with Gasteiger partial charge in [-0.25, -0.2) is 0 Å². The lowest BCUT2D eigenvalue weighted by atomic mass is 9.96. The molecule has 5 heteroatoms. The molecule has 1 aliphatic heterocycles. The number of pyridine rings is 1. The van der Waals surface area contributed by atoms with E-state index < -0.39 is 0 Å². The molecule has 3 aromatic carbocycles. The summed E-state index contributed by atoms with van der Waals surface area (Å²) in [6.45, 7) is 2.23. The van der Waals surface area contributed by atoms with Crippen molar-refractivity contribution in [3.63, 3.8) is 0 Å². The SMILES string of the molecule is COc1ccc2c(c1)nc(C)c1c2ccc2cc3c(c(OC)c21)OCO3. The molecule has 0 fully saturated rings. The topological polar surface area (TPSA) is 49.8 Å². The standard InChI is InChI=1S/C21H17NO4/c1-11-18-15(14-7-5-13(23-2)9-16(14)22-11)6-4-12-8-17-20(26-10-25-17)21(24-3)19(12)18/h4-9H,10H2,1-3H3. The van der Waals surface area contributed by atoms with Gasteiger partial charge in [0, 0.05) is 27.9 Å². The zero-order valence-corrected chi connectivity index (χ0v) is 14.8. The van der Waals surface area contributed by atoms with E-state index in [9.17, 15) is 0 Å². The summed E-state index contributed by atoms with van der Waals surface area (Å²) in [5.41, 5.74) is 1.84. The zero-order valence-electron chi connectivity index (χ0n) is 14.8. The first kappa shape index (κ1) is 15.1. The molecule has 0 radical (unpaired) electrons. The van der Waals surface area contributed by atoms with Gasteiger partial charge in [0.25, 0.3) is 0 Å². The largest absolute Gasteiger partial charge is 0.497 e. The highest BCUT2D eigenvalue weighted by Gasteiger charge is 2.24. The second kappa shape index (κ2) is 5.39. The van der Waals surface area contributed by atoms with Crippen LogP contribution in [0.2, 0.25) is 0 Å². The van der Waals surface area contributed by atoms with Gasteiger partial charge in [0.2, 0.25) is 12.5 Å². The van der Waals surface area contributed by atoms with E-state index in [-0.39, 0.29) is 6.79 Å². The summed E-state index contributed by atoms with van der Waals surface area (Å²) in [4.78, 5) is 4.82. The van der Waals surface area contributed by atoms with Gasteiger partial charge < -0.3 is 18.9 Å². The van der Waals surface area contributed by atoms with Crippen LogP contribution in [0.5, 0.6) is 23.0 Å². The molecule has 0 aliphatic carbocycles. The maximum Gasteiger partial charge on any atom is 0.231 e. The first-order chi connectivity index (χ1) is 12.7. The van der Waals surface area contributed by atoms with Crippen LogP contribution in [-0.4, -0.2) is 26.0 Å². The van der Waals surface area contributed by atoms with Crippen molar-refractivity contribution in [2.75, 3.05) is 21.0 Å². The van der Waals surface area contributed by atoms with Gasteiger partial charge in [0.1, 0.15) is 5.75 Å². The lowest BCUT2D eigenvalue weighted by molar-refractivity contribution is 0.171. The summed E-state index contributed by atoms with van der Waals surface area (Å²) in [5, 5.41) is 5.30. The fourth-order valence-corrected chi connectivity index (χ4v) is 3.80. The number of methoxy groups -OCH3 is 2. The van der Waals surface area contributed by atoms with Crippen molar-refractivity contribution in [2.45, 2.75) is 6.92 Å². The van der Waals surface area contributed by atoms with Crippen LogP contribution in [0.25, 0.3) is 32.4 Å². The minimum atomic E-state index is 0.208. The Bertz CT molecular complexity index is 1200. The Morgan fingerprint density at radius 2 is 1.77 bits per heavy atom. The molecule has 5 rings (SSSR count). The smallest absolute Gasteiger partial charge is 0.231 e. The summed E-state index contributed by atoms with van der Waals surface area (Å²) in [6.07, 6.45) is 0. The highest BCUT2D eigenvalue weighted by atomic mass is 16.7. The molecule has 130 valence electrons. The summed E-state index contributed by atoms with van der Waals surface area (Å²) in [7, 11) is 3.32. The van der Waals surface area contributed by atoms with E-state index in [1.165, 1.54) is 0 Å². The van der Waals surface area contributed by atoms with Crippen molar-refractivity contribution >= 4 is 32.4 Å². The molecule has 2 heterocycles. The minimum Gasteiger partial charge on any atom is -0.497 e. The van der Waals surface area contributed by atoms with E-state index in [0.29, 0.717) is 17.2 Å². The average molecular weight is 347 g/mol. The van der Waals surface area contributed by atoms with Crippen molar-refractivity contribution in [3.8, 4) is 23.0 Å². The molecule has 1 aliphatic rings. The maximum absolute atomic E-state index is 5.73. The summed E-state index contributed by atoms with van der Waals surface area (Å²) in [6, 6.07) is 12.2. The van der Waals surface area contributed by atoms with E-state index >= 15 is 0 Å². The Balaban J connectivity index is 1.98. The van der Waals surface area contributed by atoms with Gasteiger partial charge in [0.15, 0.2) is 11.5 Å². The van der Waals surface area contributed by atoms with Crippen LogP contribution in [0.4, 0.5) is 0 Å². The van der Waals surface area contributed by atoms with Crippen molar-refractivity contribution < 1.29 is 18.9 Å². The summed E-state index contributed by atoms with van der Waals surface area (Å²) >= 11 is 0. The first-order valence-corrected chi connectivity index (χ1v) is 8.38. The molecule has 0 saturated heterocycles. The molecular weight excluding hydrogens is 330 g/mol. The summed E-state index contributed by atoms with van der Waals surface area (Å²) < 4.78 is 22.3. The number of rotatable bonds is 2. The fourth-order valence-electron chi connectivity index (χ4n) is 3.80. The van der Waals surface area contributed by atoms with Crippen molar-refractivity contribution in [3.05, 3.63) is 42.1 Å². The van der Waals surface area contributed by atoms with Gasteiger partial charge >= 0.3 is 0 Å². The van der Waals surface area contributed by atoms with Gasteiger partial charge in [-0.2, -0.15) is 0 Å². The van der Waals surface area contributed by atoms with Crippen molar-refractivity contribution in [1.29, 1.82) is 0 Å². The Morgan fingerprint density at radius 1 is 0.923 bits per heavy atom. The molecule has 4 aromatic rings. The fraction of sp³-hybridized carbons (Fsp3) is 0.190. The number of hydrogen-bond donors (Lipinski definition) is 0. The molecule has 26 heavy (non-hydrogen) atoms. The number of nitrogens with zero attached hydrogens (tertiary/aromatic N) is 1. The number of aryl methyl sites for hydroxylation is 1. The Kier molecular flexibility index (Phi) is 3.13. The number of aromatic nitrogens is 1. The van der Waals surface area contributed by atoms with Crippen LogP contribution in [0.1, 0.15) is 5.69 Å². The maximum atomic E-state index is 5.73. The lowest BCUT2D eigenvalue weighted by Crippen LogP contribution is -1.95. The predicted octanol–water partition coefficient (Wildman–Crippen LogP) is 4.60. The molecule has 0 amide bonds. The molecule has 0 N–H and O–H groups in total. The lowest BCUT2D eigenvalue weighted by Gasteiger charge is -2.14. The van der Waals surface area contributed by atoms with Gasteiger partial charge in [0.05, 0.1) is 19.7 Å². The third-order valence-corrected chi connectivity index (χ3v) is 4.95. The molecular formula is C21H17NO4. The van der Waals surface area contributed by atoms with E-state index in [4.69, 9.17) is 23.9 Å². The highest BCUT2D eigenvalue weighted by molar-refractivity contribution is 6.20. The van der Waals surface area contributed by atoms with Crippen LogP contribution < -0.4 is 18.9 Å². The van der Waals surface area contributed by atoms with Crippen molar-refractivity contribution in [1.82, 2.24) is 4.98 Å². The number of benzene rings is 3. The quantitative estimate of drug-likeness (QED) is 0.496. The Hall–Kier alpha value is -3.21. The minimum absolute atomic E-state index is 0.208. The number of hydrogen-bond acceptors (Lipinski definition) is 5. The van der Waals surface area contributed by atoms with Gasteiger partial charge in [-0.3, -0.25) is 4.98 Å². The Morgan fingerprint density at radius 3 is 2.58 bits per heavy atom. The second-order valence-electron chi connectivity index (χ2n) is 6.31. The average Bonchev–Trinajstić information content (AvgIpc) is 3.13. The van der Waals surface area contributed by atoms with Gasteiger partial charge in [-0.05, 0) is 35.9 Å². The normalized spacial score (nSPS) is 12.9. The van der Waals surface area contributed by atoms with Crippen LogP contribution >= 0.6 is 0 Å². The van der Waals surface area contributed by atoms with Crippen LogP contribution in [-0.2, 0) is 0 Å². The zero-order chi connectivity index (χ0) is 17.8. The van der Waals surface area contributed by atoms with E-state index in [0.717, 1.165) is 43.9 Å². The van der Waals surface area contributed by atoms with Crippen molar-refractivity contribution in [2.24, 2.45) is 0 Å². The molecule has 0 unspecified atom stereocenters. The monoisotopic (exact) mass is 347 g/mol. The van der Waals surface area contributed by atoms with Crippen LogP contribution in [0.15, 0.2) is 36.4 Å². The number of ether oxygens (including phenoxy) is 4. The third kappa shape index (κ3) is 1.94. The second-order valence-corrected chi connectivity index (χ2v) is 6.31.